The number of nitrogens with zero attached hydrogens (tertiary/aromatic N) is 5. The molecule has 0 aliphatic heterocycles. The molecule has 1 atom stereocenters. The summed E-state index contributed by atoms with van der Waals surface area (Å²) in [4.78, 5) is 12.9. The first-order valence-electron chi connectivity index (χ1n) is 8.96. The van der Waals surface area contributed by atoms with Crippen LogP contribution in [-0.4, -0.2) is 24.7 Å². The fourth-order valence-corrected chi connectivity index (χ4v) is 2.74. The lowest BCUT2D eigenvalue weighted by Gasteiger charge is -2.16. The van der Waals surface area contributed by atoms with Gasteiger partial charge in [-0.25, -0.2) is 4.68 Å². The largest absolute Gasteiger partial charge is 0.484 e. The number of aryl methyl sites for hydroxylation is 1. The van der Waals surface area contributed by atoms with E-state index in [1.807, 2.05) is 62.4 Å². The number of hydrogen-bond donors (Lipinski definition) is 1. The number of nitrogens with one attached hydrogen (secondary N) is 1. The second-order valence-electron chi connectivity index (χ2n) is 6.32. The highest BCUT2D eigenvalue weighted by Gasteiger charge is 2.11. The van der Waals surface area contributed by atoms with E-state index >= 15 is 0 Å². The highest BCUT2D eigenvalue weighted by molar-refractivity contribution is 5.58. The fourth-order valence-electron chi connectivity index (χ4n) is 2.74. The molecule has 3 heterocycles. The molecule has 0 radical (unpaired) electrons. The fraction of sp³-hybridized carbons (Fsp3) is 0.143. The van der Waals surface area contributed by atoms with Crippen LogP contribution < -0.4 is 10.1 Å². The van der Waals surface area contributed by atoms with E-state index < -0.39 is 0 Å². The highest BCUT2D eigenvalue weighted by Crippen LogP contribution is 2.26. The monoisotopic (exact) mass is 372 g/mol. The molecular formula is C21H20N6O. The van der Waals surface area contributed by atoms with Crippen molar-refractivity contribution in [2.45, 2.75) is 20.0 Å². The summed E-state index contributed by atoms with van der Waals surface area (Å²) in [5.74, 6) is 1.15. The Bertz CT molecular complexity index is 1050. The molecule has 0 bridgehead atoms. The average Bonchev–Trinajstić information content (AvgIpc) is 3.20. The Morgan fingerprint density at radius 3 is 2.68 bits per heavy atom. The molecule has 0 spiro atoms. The SMILES string of the molecule is Cc1ncc(OC(C)c2cccnc2)cc1Nc1ncn(-c2ccccc2)n1. The molecule has 0 aliphatic carbocycles. The molecule has 1 N–H and O–H groups in total. The summed E-state index contributed by atoms with van der Waals surface area (Å²) in [5.41, 5.74) is 3.57. The van der Waals surface area contributed by atoms with Gasteiger partial charge in [-0.3, -0.25) is 9.97 Å². The molecule has 1 aromatic carbocycles. The van der Waals surface area contributed by atoms with Crippen LogP contribution in [0.25, 0.3) is 5.69 Å². The van der Waals surface area contributed by atoms with Crippen LogP contribution in [0.2, 0.25) is 0 Å². The molecule has 4 rings (SSSR count). The highest BCUT2D eigenvalue weighted by atomic mass is 16.5. The van der Waals surface area contributed by atoms with Gasteiger partial charge in [0, 0.05) is 24.0 Å². The van der Waals surface area contributed by atoms with Crippen LogP contribution in [0.5, 0.6) is 5.75 Å². The summed E-state index contributed by atoms with van der Waals surface area (Å²) in [6.07, 6.45) is 6.79. The normalized spacial score (nSPS) is 11.8. The Morgan fingerprint density at radius 1 is 1.04 bits per heavy atom. The van der Waals surface area contributed by atoms with E-state index in [0.29, 0.717) is 11.7 Å². The smallest absolute Gasteiger partial charge is 0.247 e. The predicted octanol–water partition coefficient (Wildman–Crippen LogP) is 4.25. The van der Waals surface area contributed by atoms with E-state index in [1.54, 1.807) is 29.6 Å². The van der Waals surface area contributed by atoms with Crippen LogP contribution >= 0.6 is 0 Å². The van der Waals surface area contributed by atoms with Crippen LogP contribution in [-0.2, 0) is 0 Å². The minimum absolute atomic E-state index is 0.138. The minimum Gasteiger partial charge on any atom is -0.484 e. The first kappa shape index (κ1) is 17.7. The summed E-state index contributed by atoms with van der Waals surface area (Å²) in [7, 11) is 0. The second kappa shape index (κ2) is 7.87. The van der Waals surface area contributed by atoms with Crippen LogP contribution in [0.3, 0.4) is 0 Å². The Hall–Kier alpha value is -3.74. The van der Waals surface area contributed by atoms with Crippen LogP contribution in [0.1, 0.15) is 24.3 Å². The summed E-state index contributed by atoms with van der Waals surface area (Å²) >= 11 is 0. The molecule has 0 amide bonds. The van der Waals surface area contributed by atoms with Crippen molar-refractivity contribution in [1.82, 2.24) is 24.7 Å². The van der Waals surface area contributed by atoms with Crippen LogP contribution in [0.15, 0.2) is 73.4 Å². The van der Waals surface area contributed by atoms with Gasteiger partial charge in [-0.2, -0.15) is 4.98 Å². The molecule has 0 fully saturated rings. The van der Waals surface area contributed by atoms with Crippen molar-refractivity contribution in [2.75, 3.05) is 5.32 Å². The zero-order chi connectivity index (χ0) is 19.3. The third-order valence-electron chi connectivity index (χ3n) is 4.29. The Balaban J connectivity index is 1.51. The zero-order valence-electron chi connectivity index (χ0n) is 15.6. The van der Waals surface area contributed by atoms with Gasteiger partial charge in [-0.15, -0.1) is 5.10 Å². The lowest BCUT2D eigenvalue weighted by molar-refractivity contribution is 0.225. The number of pyridine rings is 2. The number of ether oxygens (including phenoxy) is 1. The van der Waals surface area contributed by atoms with E-state index in [4.69, 9.17) is 4.74 Å². The maximum absolute atomic E-state index is 6.02. The quantitative estimate of drug-likeness (QED) is 0.545. The zero-order valence-corrected chi connectivity index (χ0v) is 15.6. The van der Waals surface area contributed by atoms with Crippen molar-refractivity contribution < 1.29 is 4.74 Å². The van der Waals surface area contributed by atoms with Crippen molar-refractivity contribution >= 4 is 11.6 Å². The first-order valence-corrected chi connectivity index (χ1v) is 8.96. The first-order chi connectivity index (χ1) is 13.7. The second-order valence-corrected chi connectivity index (χ2v) is 6.32. The van der Waals surface area contributed by atoms with Gasteiger partial charge in [0.15, 0.2) is 0 Å². The Labute approximate surface area is 163 Å². The molecule has 3 aromatic heterocycles. The lowest BCUT2D eigenvalue weighted by atomic mass is 10.2. The van der Waals surface area contributed by atoms with Crippen LogP contribution in [0, 0.1) is 6.92 Å². The van der Waals surface area contributed by atoms with E-state index in [1.165, 1.54) is 0 Å². The van der Waals surface area contributed by atoms with Crippen molar-refractivity contribution in [3.05, 3.63) is 84.7 Å². The standard InChI is InChI=1S/C21H20N6O/c1-15-20(25-21-24-14-27(26-21)18-8-4-3-5-9-18)11-19(13-23-15)28-16(2)17-7-6-10-22-12-17/h3-14,16H,1-2H3,(H,25,26). The molecule has 4 aromatic rings. The number of hydrogen-bond acceptors (Lipinski definition) is 6. The molecule has 7 heteroatoms. The molecule has 0 aliphatic rings. The minimum atomic E-state index is -0.138. The van der Waals surface area contributed by atoms with E-state index in [2.05, 4.69) is 25.4 Å². The molecule has 140 valence electrons. The summed E-state index contributed by atoms with van der Waals surface area (Å²) < 4.78 is 7.74. The third-order valence-corrected chi connectivity index (χ3v) is 4.29. The molecule has 28 heavy (non-hydrogen) atoms. The number of aromatic nitrogens is 5. The molecule has 7 nitrogen and oxygen atoms in total. The number of para-hydroxylation sites is 1. The molecule has 0 saturated heterocycles. The maximum atomic E-state index is 6.02. The van der Waals surface area contributed by atoms with Gasteiger partial charge in [0.1, 0.15) is 18.2 Å². The van der Waals surface area contributed by atoms with Crippen molar-refractivity contribution in [3.8, 4) is 11.4 Å². The number of rotatable bonds is 6. The summed E-state index contributed by atoms with van der Waals surface area (Å²) in [6.45, 7) is 3.90. The van der Waals surface area contributed by atoms with Gasteiger partial charge >= 0.3 is 0 Å². The van der Waals surface area contributed by atoms with E-state index in [9.17, 15) is 0 Å². The Morgan fingerprint density at radius 2 is 1.89 bits per heavy atom. The molecule has 0 saturated carbocycles. The maximum Gasteiger partial charge on any atom is 0.247 e. The van der Waals surface area contributed by atoms with Gasteiger partial charge in [0.2, 0.25) is 5.95 Å². The molecular weight excluding hydrogens is 352 g/mol. The average molecular weight is 372 g/mol. The Kier molecular flexibility index (Phi) is 4.97. The van der Waals surface area contributed by atoms with Crippen LogP contribution in [0.4, 0.5) is 11.6 Å². The van der Waals surface area contributed by atoms with E-state index in [-0.39, 0.29) is 6.10 Å². The van der Waals surface area contributed by atoms with Crippen molar-refractivity contribution in [2.24, 2.45) is 0 Å². The van der Waals surface area contributed by atoms with E-state index in [0.717, 1.165) is 22.6 Å². The topological polar surface area (TPSA) is 77.8 Å². The third kappa shape index (κ3) is 3.98. The van der Waals surface area contributed by atoms with Crippen molar-refractivity contribution in [1.29, 1.82) is 0 Å². The van der Waals surface area contributed by atoms with Gasteiger partial charge < -0.3 is 10.1 Å². The van der Waals surface area contributed by atoms with Gasteiger partial charge in [-0.05, 0) is 32.0 Å². The predicted molar refractivity (Wildman–Crippen MR) is 107 cm³/mol. The van der Waals surface area contributed by atoms with Crippen molar-refractivity contribution in [3.63, 3.8) is 0 Å². The van der Waals surface area contributed by atoms with Gasteiger partial charge in [-0.1, -0.05) is 24.3 Å². The number of benzene rings is 1. The lowest BCUT2D eigenvalue weighted by Crippen LogP contribution is -2.05. The van der Waals surface area contributed by atoms with Gasteiger partial charge in [0.05, 0.1) is 23.3 Å². The summed E-state index contributed by atoms with van der Waals surface area (Å²) in [6, 6.07) is 15.6. The number of anilines is 2. The van der Waals surface area contributed by atoms with Gasteiger partial charge in [0.25, 0.3) is 0 Å². The molecule has 1 unspecified atom stereocenters. The summed E-state index contributed by atoms with van der Waals surface area (Å²) in [5, 5.41) is 7.69.